The molecule has 1 N–H and O–H groups in total. The maximum absolute atomic E-state index is 3.10. The van der Waals surface area contributed by atoms with Crippen molar-refractivity contribution in [3.8, 4) is 0 Å². The molecule has 1 aromatic carbocycles. The van der Waals surface area contributed by atoms with Gasteiger partial charge in [-0.2, -0.15) is 34.8 Å². The molecule has 1 heterocycles. The molecule has 0 unspecified atom stereocenters. The molecule has 0 saturated heterocycles. The van der Waals surface area contributed by atoms with Crippen LogP contribution in [0.15, 0.2) is 53.6 Å². The van der Waals surface area contributed by atoms with E-state index in [2.05, 4.69) is 56.2 Å². The van der Waals surface area contributed by atoms with Crippen LogP contribution in [0.25, 0.3) is 10.9 Å². The molecule has 4 heteroatoms. The van der Waals surface area contributed by atoms with Crippen LogP contribution in [0.3, 0.4) is 0 Å². The van der Waals surface area contributed by atoms with Gasteiger partial charge in [0.2, 0.25) is 0 Å². The minimum atomic E-state index is 0. The third-order valence-corrected chi connectivity index (χ3v) is 2.85. The van der Waals surface area contributed by atoms with Gasteiger partial charge in [-0.15, -0.1) is 35.5 Å². The first kappa shape index (κ1) is 22.6. The molecule has 0 fully saturated rings. The van der Waals surface area contributed by atoms with Crippen molar-refractivity contribution in [2.24, 2.45) is 0 Å². The van der Waals surface area contributed by atoms with Crippen molar-refractivity contribution < 1.29 is 46.5 Å². The number of hydrogen-bond donors (Lipinski definition) is 1. The molecule has 108 valence electrons. The van der Waals surface area contributed by atoms with Crippen LogP contribution < -0.4 is 24.8 Å². The summed E-state index contributed by atoms with van der Waals surface area (Å²) in [4.78, 5) is 3.06. The van der Waals surface area contributed by atoms with Gasteiger partial charge in [-0.05, 0) is 0 Å². The van der Waals surface area contributed by atoms with E-state index in [9.17, 15) is 0 Å². The smallest absolute Gasteiger partial charge is 1.00 e. The normalized spacial score (nSPS) is 10.9. The van der Waals surface area contributed by atoms with Crippen LogP contribution in [0.4, 0.5) is 0 Å². The first-order valence-corrected chi connectivity index (χ1v) is 6.07. The number of rotatable bonds is 0. The van der Waals surface area contributed by atoms with Gasteiger partial charge < -0.3 is 29.8 Å². The van der Waals surface area contributed by atoms with Crippen LogP contribution in [0.5, 0.6) is 0 Å². The standard InChI is InChI=1S/C9H8N.C8H9.2ClH.Ti/c1-7-6-10-9-5-3-2-4-8(7)9;1-7(2)8-5-3-4-6-8;;;/h2-5,10H,1H3;3-5H,1-2H3;2*1H;/q2*-1;;;+4/p-2. The Morgan fingerprint density at radius 3 is 2.24 bits per heavy atom. The zero-order valence-electron chi connectivity index (χ0n) is 12.3. The van der Waals surface area contributed by atoms with Gasteiger partial charge in [-0.1, -0.05) is 32.9 Å². The Kier molecular flexibility index (Phi) is 11.7. The second-order valence-electron chi connectivity index (χ2n) is 4.50. The molecule has 0 radical (unpaired) electrons. The SMILES string of the molecule is CC(C)=C1[C-]=CC=C1.Cc1[c-][nH]c2ccccc12.[Cl-].[Cl-].[Ti+4]. The molecule has 0 saturated carbocycles. The van der Waals surface area contributed by atoms with Crippen molar-refractivity contribution in [1.82, 2.24) is 4.98 Å². The maximum Gasteiger partial charge on any atom is 4.00 e. The number of allylic oxidation sites excluding steroid dienone is 6. The fraction of sp³-hybridized carbons (Fsp3) is 0.176. The van der Waals surface area contributed by atoms with Gasteiger partial charge in [-0.3, -0.25) is 0 Å². The van der Waals surface area contributed by atoms with E-state index < -0.39 is 0 Å². The number of para-hydroxylation sites is 1. The number of aromatic amines is 1. The minimum Gasteiger partial charge on any atom is -1.00 e. The van der Waals surface area contributed by atoms with E-state index in [4.69, 9.17) is 0 Å². The Hall–Kier alpha value is -0.726. The molecule has 1 aromatic heterocycles. The molecule has 1 aliphatic rings. The Labute approximate surface area is 154 Å². The van der Waals surface area contributed by atoms with E-state index in [-0.39, 0.29) is 46.5 Å². The predicted molar refractivity (Wildman–Crippen MR) is 77.2 cm³/mol. The summed E-state index contributed by atoms with van der Waals surface area (Å²) in [5.74, 6) is 0. The van der Waals surface area contributed by atoms with E-state index in [1.165, 1.54) is 27.6 Å². The van der Waals surface area contributed by atoms with Crippen molar-refractivity contribution in [3.05, 3.63) is 71.5 Å². The topological polar surface area (TPSA) is 15.8 Å². The van der Waals surface area contributed by atoms with E-state index >= 15 is 0 Å². The fourth-order valence-electron chi connectivity index (χ4n) is 1.79. The number of H-pyrrole nitrogens is 1. The average Bonchev–Trinajstić information content (AvgIpc) is 3.01. The number of fused-ring (bicyclic) bond motifs is 1. The van der Waals surface area contributed by atoms with Gasteiger partial charge in [0.1, 0.15) is 0 Å². The first-order chi connectivity index (χ1) is 8.68. The van der Waals surface area contributed by atoms with Gasteiger partial charge in [0.25, 0.3) is 0 Å². The van der Waals surface area contributed by atoms with Crippen LogP contribution in [0.1, 0.15) is 19.4 Å². The van der Waals surface area contributed by atoms with Crippen LogP contribution in [-0.4, -0.2) is 4.98 Å². The van der Waals surface area contributed by atoms with Gasteiger partial charge in [0.15, 0.2) is 0 Å². The van der Waals surface area contributed by atoms with E-state index in [1.54, 1.807) is 0 Å². The molecule has 0 atom stereocenters. The quantitative estimate of drug-likeness (QED) is 0.440. The molecule has 1 nitrogen and oxygen atoms in total. The Morgan fingerprint density at radius 2 is 1.76 bits per heavy atom. The molecular weight excluding hydrogens is 337 g/mol. The van der Waals surface area contributed by atoms with Crippen LogP contribution >= 0.6 is 0 Å². The van der Waals surface area contributed by atoms with Crippen molar-refractivity contribution in [1.29, 1.82) is 0 Å². The summed E-state index contributed by atoms with van der Waals surface area (Å²) < 4.78 is 0. The second-order valence-corrected chi connectivity index (χ2v) is 4.50. The fourth-order valence-corrected chi connectivity index (χ4v) is 1.79. The number of hydrogen-bond acceptors (Lipinski definition) is 0. The van der Waals surface area contributed by atoms with Crippen molar-refractivity contribution >= 4 is 10.9 Å². The number of nitrogens with one attached hydrogen (secondary N) is 1. The molecule has 1 aliphatic carbocycles. The number of aromatic nitrogens is 1. The van der Waals surface area contributed by atoms with Gasteiger partial charge in [0, 0.05) is 0 Å². The summed E-state index contributed by atoms with van der Waals surface area (Å²) in [6.07, 6.45) is 12.2. The predicted octanol–water partition coefficient (Wildman–Crippen LogP) is -1.47. The number of aryl methyl sites for hydroxylation is 1. The Bertz CT molecular complexity index is 621. The molecule has 0 bridgehead atoms. The van der Waals surface area contributed by atoms with Gasteiger partial charge in [-0.25, -0.2) is 0 Å². The van der Waals surface area contributed by atoms with Crippen molar-refractivity contribution in [2.75, 3.05) is 0 Å². The summed E-state index contributed by atoms with van der Waals surface area (Å²) in [5, 5.41) is 1.27. The summed E-state index contributed by atoms with van der Waals surface area (Å²) in [6, 6.07) is 8.21. The molecule has 0 spiro atoms. The summed E-state index contributed by atoms with van der Waals surface area (Å²) in [6.45, 7) is 6.23. The Morgan fingerprint density at radius 1 is 1.10 bits per heavy atom. The van der Waals surface area contributed by atoms with Crippen LogP contribution in [0, 0.1) is 19.2 Å². The van der Waals surface area contributed by atoms with Crippen molar-refractivity contribution in [2.45, 2.75) is 20.8 Å². The molecule has 3 rings (SSSR count). The van der Waals surface area contributed by atoms with Crippen LogP contribution in [-0.2, 0) is 21.7 Å². The van der Waals surface area contributed by atoms with E-state index in [0.29, 0.717) is 0 Å². The third kappa shape index (κ3) is 6.28. The largest absolute Gasteiger partial charge is 4.00 e. The van der Waals surface area contributed by atoms with Gasteiger partial charge in [0.05, 0.1) is 0 Å². The third-order valence-electron chi connectivity index (χ3n) is 2.85. The molecule has 0 aliphatic heterocycles. The summed E-state index contributed by atoms with van der Waals surface area (Å²) >= 11 is 0. The zero-order chi connectivity index (χ0) is 13.0. The summed E-state index contributed by atoms with van der Waals surface area (Å²) in [5.41, 5.74) is 4.91. The number of halogens is 2. The first-order valence-electron chi connectivity index (χ1n) is 6.07. The van der Waals surface area contributed by atoms with Gasteiger partial charge >= 0.3 is 21.7 Å². The molecular formula is C17H17Cl2NTi. The zero-order valence-corrected chi connectivity index (χ0v) is 15.4. The molecule has 21 heavy (non-hydrogen) atoms. The summed E-state index contributed by atoms with van der Waals surface area (Å²) in [7, 11) is 0. The van der Waals surface area contributed by atoms with E-state index in [0.717, 1.165) is 0 Å². The second kappa shape index (κ2) is 10.9. The maximum atomic E-state index is 3.10. The molecule has 0 amide bonds. The van der Waals surface area contributed by atoms with E-state index in [1.807, 2.05) is 24.3 Å². The average molecular weight is 354 g/mol. The van der Waals surface area contributed by atoms with Crippen LogP contribution in [0.2, 0.25) is 0 Å². The monoisotopic (exact) mass is 353 g/mol. The molecule has 2 aromatic rings. The number of benzene rings is 1. The van der Waals surface area contributed by atoms with Crippen molar-refractivity contribution in [3.63, 3.8) is 0 Å². The minimum absolute atomic E-state index is 0. The Balaban J connectivity index is 0.